The molecule has 0 aromatic heterocycles. The molecule has 0 aliphatic heterocycles. The lowest BCUT2D eigenvalue weighted by Gasteiger charge is -2.11. The van der Waals surface area contributed by atoms with Gasteiger partial charge in [-0.05, 0) is 34.1 Å². The Kier molecular flexibility index (Phi) is 5.30. The van der Waals surface area contributed by atoms with Crippen LogP contribution >= 0.6 is 27.5 Å². The lowest BCUT2D eigenvalue weighted by atomic mass is 10.2. The normalized spacial score (nSPS) is 12.6. The molecule has 7 heteroatoms. The number of aliphatic hydroxyl groups is 1. The molecule has 2 N–H and O–H groups in total. The quantitative estimate of drug-likeness (QED) is 0.892. The molecule has 0 fully saturated rings. The van der Waals surface area contributed by atoms with Crippen LogP contribution in [-0.4, -0.2) is 30.1 Å². The monoisotopic (exact) mass is 327 g/mol. The van der Waals surface area contributed by atoms with E-state index in [1.165, 1.54) is 18.2 Å². The molecule has 94 valence electrons. The van der Waals surface area contributed by atoms with Gasteiger partial charge in [-0.25, -0.2) is 8.78 Å². The zero-order valence-corrected chi connectivity index (χ0v) is 10.8. The molecule has 1 aromatic rings. The van der Waals surface area contributed by atoms with Crippen molar-refractivity contribution in [1.29, 1.82) is 0 Å². The van der Waals surface area contributed by atoms with E-state index >= 15 is 0 Å². The second kappa shape index (κ2) is 6.28. The van der Waals surface area contributed by atoms with Crippen LogP contribution in [0.2, 0.25) is 5.02 Å². The number of hydrogen-bond donors (Lipinski definition) is 2. The number of carbonyl (C=O) groups excluding carboxylic acids is 1. The second-order valence-electron chi connectivity index (χ2n) is 3.24. The molecule has 0 heterocycles. The van der Waals surface area contributed by atoms with Gasteiger partial charge in [0, 0.05) is 16.0 Å². The summed E-state index contributed by atoms with van der Waals surface area (Å²) in [6.07, 6.45) is -4.76. The van der Waals surface area contributed by atoms with Crippen molar-refractivity contribution in [1.82, 2.24) is 5.32 Å². The lowest BCUT2D eigenvalue weighted by molar-refractivity contribution is -0.00270. The third-order valence-corrected chi connectivity index (χ3v) is 2.83. The standard InChI is InChI=1S/C10H9BrClF2NO2/c11-7-3-5(12)1-2-6(7)10(17)15-4-8(16)9(13)14/h1-3,8-9,16H,4H2,(H,15,17). The van der Waals surface area contributed by atoms with Crippen LogP contribution in [0.4, 0.5) is 8.78 Å². The Morgan fingerprint density at radius 2 is 2.18 bits per heavy atom. The Balaban J connectivity index is 2.64. The maximum atomic E-state index is 12.0. The molecule has 1 aromatic carbocycles. The summed E-state index contributed by atoms with van der Waals surface area (Å²) in [6, 6.07) is 4.47. The summed E-state index contributed by atoms with van der Waals surface area (Å²) in [5, 5.41) is 11.5. The van der Waals surface area contributed by atoms with E-state index in [0.717, 1.165) is 0 Å². The van der Waals surface area contributed by atoms with Crippen molar-refractivity contribution >= 4 is 33.4 Å². The molecule has 0 saturated carbocycles. The largest absolute Gasteiger partial charge is 0.385 e. The van der Waals surface area contributed by atoms with E-state index in [0.29, 0.717) is 9.50 Å². The first-order valence-corrected chi connectivity index (χ1v) is 5.78. The maximum absolute atomic E-state index is 12.0. The van der Waals surface area contributed by atoms with E-state index in [1.54, 1.807) is 0 Å². The fraction of sp³-hybridized carbons (Fsp3) is 0.300. The predicted octanol–water partition coefficient (Wildman–Crippen LogP) is 2.46. The molecular weight excluding hydrogens is 319 g/mol. The zero-order chi connectivity index (χ0) is 13.0. The van der Waals surface area contributed by atoms with Crippen LogP contribution in [0.15, 0.2) is 22.7 Å². The first kappa shape index (κ1) is 14.3. The Labute approximate surface area is 110 Å². The van der Waals surface area contributed by atoms with Gasteiger partial charge in [0.1, 0.15) is 6.10 Å². The molecule has 1 rings (SSSR count). The van der Waals surface area contributed by atoms with Gasteiger partial charge in [0.15, 0.2) is 0 Å². The average molecular weight is 329 g/mol. The zero-order valence-electron chi connectivity index (χ0n) is 8.46. The third kappa shape index (κ3) is 4.22. The second-order valence-corrected chi connectivity index (χ2v) is 4.53. The summed E-state index contributed by atoms with van der Waals surface area (Å²) in [5.41, 5.74) is 0.260. The van der Waals surface area contributed by atoms with E-state index in [9.17, 15) is 13.6 Å². The van der Waals surface area contributed by atoms with Crippen LogP contribution < -0.4 is 5.32 Å². The number of alkyl halides is 2. The van der Waals surface area contributed by atoms with Crippen LogP contribution in [-0.2, 0) is 0 Å². The number of rotatable bonds is 4. The maximum Gasteiger partial charge on any atom is 0.265 e. The highest BCUT2D eigenvalue weighted by atomic mass is 79.9. The minimum atomic E-state index is -2.89. The summed E-state index contributed by atoms with van der Waals surface area (Å²) >= 11 is 8.82. The molecule has 0 radical (unpaired) electrons. The van der Waals surface area contributed by atoms with Gasteiger partial charge < -0.3 is 10.4 Å². The number of amides is 1. The van der Waals surface area contributed by atoms with Crippen LogP contribution in [0.5, 0.6) is 0 Å². The van der Waals surface area contributed by atoms with Gasteiger partial charge in [0.25, 0.3) is 12.3 Å². The van der Waals surface area contributed by atoms with Gasteiger partial charge in [0.05, 0.1) is 5.56 Å². The van der Waals surface area contributed by atoms with Crippen molar-refractivity contribution in [2.75, 3.05) is 6.54 Å². The number of benzene rings is 1. The summed E-state index contributed by atoms with van der Waals surface area (Å²) in [6.45, 7) is -0.508. The SMILES string of the molecule is O=C(NCC(O)C(F)F)c1ccc(Cl)cc1Br. The van der Waals surface area contributed by atoms with Crippen LogP contribution in [0.25, 0.3) is 0 Å². The van der Waals surface area contributed by atoms with E-state index < -0.39 is 25.0 Å². The molecule has 0 aliphatic rings. The fourth-order valence-electron chi connectivity index (χ4n) is 1.06. The molecule has 0 aliphatic carbocycles. The summed E-state index contributed by atoms with van der Waals surface area (Å²) in [4.78, 5) is 11.6. The van der Waals surface area contributed by atoms with Crippen LogP contribution in [0, 0.1) is 0 Å². The van der Waals surface area contributed by atoms with Crippen molar-refractivity contribution < 1.29 is 18.7 Å². The first-order valence-electron chi connectivity index (χ1n) is 4.61. The third-order valence-electron chi connectivity index (χ3n) is 1.94. The number of aliphatic hydroxyl groups excluding tert-OH is 1. The molecular formula is C10H9BrClF2NO2. The van der Waals surface area contributed by atoms with Crippen molar-refractivity contribution in [3.05, 3.63) is 33.3 Å². The highest BCUT2D eigenvalue weighted by molar-refractivity contribution is 9.10. The van der Waals surface area contributed by atoms with E-state index in [2.05, 4.69) is 21.2 Å². The van der Waals surface area contributed by atoms with Crippen LogP contribution in [0.3, 0.4) is 0 Å². The summed E-state index contributed by atoms with van der Waals surface area (Å²) in [7, 11) is 0. The van der Waals surface area contributed by atoms with Crippen molar-refractivity contribution in [3.8, 4) is 0 Å². The van der Waals surface area contributed by atoms with Gasteiger partial charge in [-0.15, -0.1) is 0 Å². The molecule has 1 amide bonds. The number of nitrogens with one attached hydrogen (secondary N) is 1. The van der Waals surface area contributed by atoms with E-state index in [1.807, 2.05) is 0 Å². The highest BCUT2D eigenvalue weighted by Crippen LogP contribution is 2.21. The van der Waals surface area contributed by atoms with E-state index in [-0.39, 0.29) is 5.56 Å². The van der Waals surface area contributed by atoms with Crippen LogP contribution in [0.1, 0.15) is 10.4 Å². The minimum Gasteiger partial charge on any atom is -0.385 e. The molecule has 0 spiro atoms. The van der Waals surface area contributed by atoms with Gasteiger partial charge >= 0.3 is 0 Å². The Hall–Kier alpha value is -0.720. The smallest absolute Gasteiger partial charge is 0.265 e. The lowest BCUT2D eigenvalue weighted by Crippen LogP contribution is -2.35. The summed E-state index contributed by atoms with van der Waals surface area (Å²) < 4.78 is 24.4. The highest BCUT2D eigenvalue weighted by Gasteiger charge is 2.18. The molecule has 0 saturated heterocycles. The topological polar surface area (TPSA) is 49.3 Å². The Bertz CT molecular complexity index is 417. The van der Waals surface area contributed by atoms with Crippen molar-refractivity contribution in [3.63, 3.8) is 0 Å². The van der Waals surface area contributed by atoms with Gasteiger partial charge in [-0.2, -0.15) is 0 Å². The molecule has 1 atom stereocenters. The number of carbonyl (C=O) groups is 1. The van der Waals surface area contributed by atoms with E-state index in [4.69, 9.17) is 16.7 Å². The molecule has 1 unspecified atom stereocenters. The minimum absolute atomic E-state index is 0.260. The molecule has 3 nitrogen and oxygen atoms in total. The number of hydrogen-bond acceptors (Lipinski definition) is 2. The predicted molar refractivity (Wildman–Crippen MR) is 63.5 cm³/mol. The number of halogens is 4. The van der Waals surface area contributed by atoms with Gasteiger partial charge in [-0.3, -0.25) is 4.79 Å². The fourth-order valence-corrected chi connectivity index (χ4v) is 1.92. The Morgan fingerprint density at radius 1 is 1.53 bits per heavy atom. The summed E-state index contributed by atoms with van der Waals surface area (Å²) in [5.74, 6) is -0.562. The average Bonchev–Trinajstić information content (AvgIpc) is 2.25. The first-order chi connectivity index (χ1) is 7.91. The van der Waals surface area contributed by atoms with Gasteiger partial charge in [0.2, 0.25) is 0 Å². The van der Waals surface area contributed by atoms with Crippen molar-refractivity contribution in [2.45, 2.75) is 12.5 Å². The van der Waals surface area contributed by atoms with Gasteiger partial charge in [-0.1, -0.05) is 11.6 Å². The molecule has 17 heavy (non-hydrogen) atoms. The van der Waals surface area contributed by atoms with Crippen molar-refractivity contribution in [2.24, 2.45) is 0 Å². The Morgan fingerprint density at radius 3 is 2.71 bits per heavy atom. The molecule has 0 bridgehead atoms.